The lowest BCUT2D eigenvalue weighted by molar-refractivity contribution is -0.124. The Morgan fingerprint density at radius 2 is 1.79 bits per heavy atom. The molecule has 1 amide bonds. The molecule has 0 fully saturated rings. The molecule has 0 aliphatic heterocycles. The third-order valence-electron chi connectivity index (χ3n) is 3.40. The normalized spacial score (nSPS) is 10.1. The van der Waals surface area contributed by atoms with Gasteiger partial charge >= 0.3 is 5.97 Å². The summed E-state index contributed by atoms with van der Waals surface area (Å²) in [7, 11) is 1.72. The topological polar surface area (TPSA) is 67.4 Å². The molecule has 0 aliphatic rings. The molecule has 6 heteroatoms. The van der Waals surface area contributed by atoms with E-state index < -0.39 is 5.97 Å². The Hall–Kier alpha value is -2.53. The molecular formula is C18H19ClN2O3. The van der Waals surface area contributed by atoms with Crippen molar-refractivity contribution in [3.63, 3.8) is 0 Å². The number of para-hydroxylation sites is 1. The zero-order valence-corrected chi connectivity index (χ0v) is 14.1. The van der Waals surface area contributed by atoms with Gasteiger partial charge < -0.3 is 15.4 Å². The van der Waals surface area contributed by atoms with E-state index in [0.717, 1.165) is 5.56 Å². The molecule has 0 atom stereocenters. The molecule has 0 unspecified atom stereocenters. The number of hydrogen-bond donors (Lipinski definition) is 2. The van der Waals surface area contributed by atoms with Crippen molar-refractivity contribution in [1.82, 2.24) is 5.32 Å². The van der Waals surface area contributed by atoms with E-state index >= 15 is 0 Å². The Labute approximate surface area is 146 Å². The number of anilines is 1. The summed E-state index contributed by atoms with van der Waals surface area (Å²) in [5, 5.41) is 6.30. The van der Waals surface area contributed by atoms with Gasteiger partial charge in [0.25, 0.3) is 5.91 Å². The summed E-state index contributed by atoms with van der Waals surface area (Å²) in [6, 6.07) is 14.4. The second kappa shape index (κ2) is 8.93. The van der Waals surface area contributed by atoms with Crippen LogP contribution in [0.3, 0.4) is 0 Å². The second-order valence-electron chi connectivity index (χ2n) is 5.10. The van der Waals surface area contributed by atoms with Gasteiger partial charge in [-0.15, -0.1) is 0 Å². The number of rotatable bonds is 7. The molecule has 2 aromatic rings. The number of ether oxygens (including phenoxy) is 1. The number of benzene rings is 2. The van der Waals surface area contributed by atoms with Crippen LogP contribution in [-0.2, 0) is 16.0 Å². The Bertz CT molecular complexity index is 702. The third-order valence-corrected chi connectivity index (χ3v) is 3.65. The van der Waals surface area contributed by atoms with Crippen LogP contribution in [-0.4, -0.2) is 32.1 Å². The number of hydrogen-bond acceptors (Lipinski definition) is 4. The highest BCUT2D eigenvalue weighted by Gasteiger charge is 2.13. The Morgan fingerprint density at radius 1 is 1.08 bits per heavy atom. The van der Waals surface area contributed by atoms with E-state index in [4.69, 9.17) is 16.3 Å². The van der Waals surface area contributed by atoms with Crippen molar-refractivity contribution in [2.75, 3.05) is 25.5 Å². The first-order valence-corrected chi connectivity index (χ1v) is 7.93. The van der Waals surface area contributed by atoms with Crippen LogP contribution in [0.25, 0.3) is 0 Å². The largest absolute Gasteiger partial charge is 0.452 e. The number of carbonyl (C=O) groups is 2. The zero-order chi connectivity index (χ0) is 17.4. The molecule has 0 saturated heterocycles. The Balaban J connectivity index is 1.74. The van der Waals surface area contributed by atoms with E-state index in [1.54, 1.807) is 37.4 Å². The summed E-state index contributed by atoms with van der Waals surface area (Å²) in [6.45, 7) is 0.155. The quantitative estimate of drug-likeness (QED) is 0.756. The molecule has 126 valence electrons. The van der Waals surface area contributed by atoms with Crippen molar-refractivity contribution < 1.29 is 14.3 Å². The molecule has 24 heavy (non-hydrogen) atoms. The molecule has 2 rings (SSSR count). The van der Waals surface area contributed by atoms with Crippen molar-refractivity contribution in [2.24, 2.45) is 0 Å². The lowest BCUT2D eigenvalue weighted by Gasteiger charge is -2.09. The summed E-state index contributed by atoms with van der Waals surface area (Å²) in [6.07, 6.45) is 0.680. The van der Waals surface area contributed by atoms with Gasteiger partial charge in [-0.1, -0.05) is 35.9 Å². The first-order chi connectivity index (χ1) is 11.6. The van der Waals surface area contributed by atoms with E-state index in [-0.39, 0.29) is 12.5 Å². The minimum atomic E-state index is -0.534. The summed E-state index contributed by atoms with van der Waals surface area (Å²) in [4.78, 5) is 23.8. The third kappa shape index (κ3) is 5.28. The number of carbonyl (C=O) groups excluding carboxylic acids is 2. The summed E-state index contributed by atoms with van der Waals surface area (Å²) in [5.41, 5.74) is 2.12. The Morgan fingerprint density at radius 3 is 2.50 bits per heavy atom. The summed E-state index contributed by atoms with van der Waals surface area (Å²) < 4.78 is 5.04. The second-order valence-corrected chi connectivity index (χ2v) is 5.53. The van der Waals surface area contributed by atoms with Crippen LogP contribution in [0.2, 0.25) is 5.02 Å². The molecule has 5 nitrogen and oxygen atoms in total. The average molecular weight is 347 g/mol. The first kappa shape index (κ1) is 17.8. The van der Waals surface area contributed by atoms with Gasteiger partial charge in [-0.05, 0) is 36.2 Å². The van der Waals surface area contributed by atoms with Crippen molar-refractivity contribution >= 4 is 29.2 Å². The van der Waals surface area contributed by atoms with Crippen LogP contribution in [0.15, 0.2) is 48.5 Å². The van der Waals surface area contributed by atoms with E-state index in [0.29, 0.717) is 29.2 Å². The highest BCUT2D eigenvalue weighted by Crippen LogP contribution is 2.15. The fourth-order valence-corrected chi connectivity index (χ4v) is 2.26. The summed E-state index contributed by atoms with van der Waals surface area (Å²) >= 11 is 5.82. The van der Waals surface area contributed by atoms with Crippen LogP contribution in [0.5, 0.6) is 0 Å². The number of esters is 1. The standard InChI is InChI=1S/C18H19ClN2O3/c1-20-16-5-3-2-4-15(16)18(23)24-12-17(22)21-11-10-13-6-8-14(19)9-7-13/h2-9,20H,10-12H2,1H3,(H,21,22). The lowest BCUT2D eigenvalue weighted by Crippen LogP contribution is -2.30. The predicted octanol–water partition coefficient (Wildman–Crippen LogP) is 2.90. The van der Waals surface area contributed by atoms with Gasteiger partial charge in [-0.3, -0.25) is 4.79 Å². The SMILES string of the molecule is CNc1ccccc1C(=O)OCC(=O)NCCc1ccc(Cl)cc1. The maximum absolute atomic E-state index is 12.0. The lowest BCUT2D eigenvalue weighted by atomic mass is 10.1. The van der Waals surface area contributed by atoms with E-state index in [2.05, 4.69) is 10.6 Å². The molecule has 0 bridgehead atoms. The molecule has 0 aliphatic carbocycles. The summed E-state index contributed by atoms with van der Waals surface area (Å²) in [5.74, 6) is -0.868. The maximum atomic E-state index is 12.0. The van der Waals surface area contributed by atoms with Crippen molar-refractivity contribution in [3.8, 4) is 0 Å². The van der Waals surface area contributed by atoms with E-state index in [1.165, 1.54) is 0 Å². The van der Waals surface area contributed by atoms with Crippen molar-refractivity contribution in [2.45, 2.75) is 6.42 Å². The fourth-order valence-electron chi connectivity index (χ4n) is 2.14. The van der Waals surface area contributed by atoms with Crippen LogP contribution in [0.4, 0.5) is 5.69 Å². The maximum Gasteiger partial charge on any atom is 0.340 e. The van der Waals surface area contributed by atoms with Gasteiger partial charge in [0.2, 0.25) is 0 Å². The smallest absolute Gasteiger partial charge is 0.340 e. The fraction of sp³-hybridized carbons (Fsp3) is 0.222. The average Bonchev–Trinajstić information content (AvgIpc) is 2.61. The number of amides is 1. The minimum absolute atomic E-state index is 0.308. The first-order valence-electron chi connectivity index (χ1n) is 7.55. The molecule has 0 spiro atoms. The Kier molecular flexibility index (Phi) is 6.63. The van der Waals surface area contributed by atoms with Gasteiger partial charge in [0.05, 0.1) is 5.56 Å². The van der Waals surface area contributed by atoms with Gasteiger partial charge in [0.1, 0.15) is 0 Å². The molecule has 0 aromatic heterocycles. The molecular weight excluding hydrogens is 328 g/mol. The monoisotopic (exact) mass is 346 g/mol. The minimum Gasteiger partial charge on any atom is -0.452 e. The van der Waals surface area contributed by atoms with E-state index in [1.807, 2.05) is 18.2 Å². The van der Waals surface area contributed by atoms with Gasteiger partial charge in [-0.2, -0.15) is 0 Å². The van der Waals surface area contributed by atoms with Gasteiger partial charge in [-0.25, -0.2) is 4.79 Å². The van der Waals surface area contributed by atoms with Crippen LogP contribution < -0.4 is 10.6 Å². The highest BCUT2D eigenvalue weighted by molar-refractivity contribution is 6.30. The van der Waals surface area contributed by atoms with Crippen molar-refractivity contribution in [1.29, 1.82) is 0 Å². The van der Waals surface area contributed by atoms with Gasteiger partial charge in [0.15, 0.2) is 6.61 Å². The zero-order valence-electron chi connectivity index (χ0n) is 13.3. The molecule has 0 saturated carbocycles. The predicted molar refractivity (Wildman–Crippen MR) is 94.4 cm³/mol. The van der Waals surface area contributed by atoms with Crippen LogP contribution in [0.1, 0.15) is 15.9 Å². The van der Waals surface area contributed by atoms with E-state index in [9.17, 15) is 9.59 Å². The molecule has 2 aromatic carbocycles. The van der Waals surface area contributed by atoms with Gasteiger partial charge in [0, 0.05) is 24.3 Å². The molecule has 0 heterocycles. The van der Waals surface area contributed by atoms with Crippen molar-refractivity contribution in [3.05, 3.63) is 64.7 Å². The molecule has 2 N–H and O–H groups in total. The highest BCUT2D eigenvalue weighted by atomic mass is 35.5. The molecule has 0 radical (unpaired) electrons. The number of nitrogens with one attached hydrogen (secondary N) is 2. The van der Waals surface area contributed by atoms with Crippen LogP contribution in [0, 0.1) is 0 Å². The van der Waals surface area contributed by atoms with Crippen LogP contribution >= 0.6 is 11.6 Å². The number of halogens is 1.